The molecule has 1 N–H and O–H groups in total. The highest BCUT2D eigenvalue weighted by Crippen LogP contribution is 2.31. The van der Waals surface area contributed by atoms with Crippen molar-refractivity contribution in [3.63, 3.8) is 0 Å². The molecular formula is C22H29NO4. The zero-order chi connectivity index (χ0) is 18.9. The first-order valence-corrected chi connectivity index (χ1v) is 9.69. The average Bonchev–Trinajstić information content (AvgIpc) is 2.72. The van der Waals surface area contributed by atoms with Crippen LogP contribution in [0, 0.1) is 0 Å². The van der Waals surface area contributed by atoms with Gasteiger partial charge >= 0.3 is 0 Å². The predicted molar refractivity (Wildman–Crippen MR) is 106 cm³/mol. The molecule has 5 nitrogen and oxygen atoms in total. The van der Waals surface area contributed by atoms with Gasteiger partial charge in [-0.1, -0.05) is 25.5 Å². The number of methoxy groups -OCH3 is 1. The topological polar surface area (TPSA) is 49.0 Å². The largest absolute Gasteiger partial charge is 0.493 e. The second-order valence-corrected chi connectivity index (χ2v) is 6.59. The first-order valence-electron chi connectivity index (χ1n) is 9.69. The van der Waals surface area contributed by atoms with Gasteiger partial charge in [0, 0.05) is 6.54 Å². The van der Waals surface area contributed by atoms with Crippen LogP contribution in [0.3, 0.4) is 0 Å². The maximum atomic E-state index is 5.78. The summed E-state index contributed by atoms with van der Waals surface area (Å²) in [7, 11) is 1.68. The Morgan fingerprint density at radius 1 is 0.963 bits per heavy atom. The minimum absolute atomic E-state index is 0.620. The van der Waals surface area contributed by atoms with Gasteiger partial charge in [-0.3, -0.25) is 0 Å². The minimum Gasteiger partial charge on any atom is -0.493 e. The van der Waals surface area contributed by atoms with Gasteiger partial charge in [0.15, 0.2) is 23.0 Å². The van der Waals surface area contributed by atoms with Crippen LogP contribution in [-0.2, 0) is 13.0 Å². The van der Waals surface area contributed by atoms with Crippen molar-refractivity contribution in [3.05, 3.63) is 47.5 Å². The highest BCUT2D eigenvalue weighted by atomic mass is 16.6. The average molecular weight is 371 g/mol. The molecule has 0 amide bonds. The maximum Gasteiger partial charge on any atom is 0.161 e. The summed E-state index contributed by atoms with van der Waals surface area (Å²) in [6, 6.07) is 12.3. The fourth-order valence-electron chi connectivity index (χ4n) is 2.98. The lowest BCUT2D eigenvalue weighted by Crippen LogP contribution is -2.18. The molecular weight excluding hydrogens is 342 g/mol. The molecule has 0 spiro atoms. The van der Waals surface area contributed by atoms with E-state index in [1.54, 1.807) is 7.11 Å². The van der Waals surface area contributed by atoms with E-state index in [0.717, 1.165) is 62.0 Å². The number of fused-ring (bicyclic) bond motifs is 1. The summed E-state index contributed by atoms with van der Waals surface area (Å²) in [5, 5.41) is 3.48. The number of rotatable bonds is 10. The first kappa shape index (κ1) is 19.4. The van der Waals surface area contributed by atoms with Crippen molar-refractivity contribution in [3.8, 4) is 23.0 Å². The third-order valence-electron chi connectivity index (χ3n) is 4.51. The Kier molecular flexibility index (Phi) is 7.22. The van der Waals surface area contributed by atoms with E-state index in [2.05, 4.69) is 30.4 Å². The second-order valence-electron chi connectivity index (χ2n) is 6.59. The number of benzene rings is 2. The molecule has 146 valence electrons. The molecule has 0 radical (unpaired) electrons. The van der Waals surface area contributed by atoms with E-state index in [1.807, 2.05) is 18.2 Å². The Hall–Kier alpha value is -2.40. The number of unbranched alkanes of at least 4 members (excludes halogenated alkanes) is 1. The first-order chi connectivity index (χ1) is 13.3. The monoisotopic (exact) mass is 371 g/mol. The quantitative estimate of drug-likeness (QED) is 0.640. The molecule has 0 bridgehead atoms. The summed E-state index contributed by atoms with van der Waals surface area (Å²) in [5.41, 5.74) is 2.42. The van der Waals surface area contributed by atoms with Crippen LogP contribution >= 0.6 is 0 Å². The molecule has 1 aliphatic heterocycles. The molecule has 3 rings (SSSR count). The molecule has 0 saturated carbocycles. The zero-order valence-electron chi connectivity index (χ0n) is 16.3. The molecule has 0 fully saturated rings. The summed E-state index contributed by atoms with van der Waals surface area (Å²) in [4.78, 5) is 0. The molecule has 0 atom stereocenters. The Morgan fingerprint density at radius 3 is 2.59 bits per heavy atom. The highest BCUT2D eigenvalue weighted by Gasteiger charge is 2.11. The third-order valence-corrected chi connectivity index (χ3v) is 4.51. The number of nitrogens with one attached hydrogen (secondary N) is 1. The van der Waals surface area contributed by atoms with Crippen molar-refractivity contribution >= 4 is 0 Å². The van der Waals surface area contributed by atoms with E-state index in [-0.39, 0.29) is 0 Å². The third kappa shape index (κ3) is 5.54. The van der Waals surface area contributed by atoms with Gasteiger partial charge in [0.2, 0.25) is 0 Å². The van der Waals surface area contributed by atoms with E-state index < -0.39 is 0 Å². The standard InChI is InChI=1S/C22H29NO4/c1-3-4-11-25-19-8-6-18(15-21(19)24-2)16-23-10-9-17-5-7-20-22(14-17)27-13-12-26-20/h5-8,14-15,23H,3-4,9-13,16H2,1-2H3. The molecule has 5 heteroatoms. The lowest BCUT2D eigenvalue weighted by molar-refractivity contribution is 0.171. The molecule has 2 aromatic carbocycles. The van der Waals surface area contributed by atoms with Gasteiger partial charge in [-0.25, -0.2) is 0 Å². The minimum atomic E-state index is 0.620. The second kappa shape index (κ2) is 10.1. The molecule has 2 aromatic rings. The van der Waals surface area contributed by atoms with Crippen LogP contribution in [0.5, 0.6) is 23.0 Å². The Bertz CT molecular complexity index is 732. The molecule has 1 heterocycles. The smallest absolute Gasteiger partial charge is 0.161 e. The van der Waals surface area contributed by atoms with Gasteiger partial charge in [0.25, 0.3) is 0 Å². The molecule has 0 aromatic heterocycles. The van der Waals surface area contributed by atoms with E-state index in [9.17, 15) is 0 Å². The van der Waals surface area contributed by atoms with Crippen LogP contribution in [0.2, 0.25) is 0 Å². The van der Waals surface area contributed by atoms with Gasteiger partial charge in [-0.05, 0) is 54.8 Å². The van der Waals surface area contributed by atoms with Crippen molar-refractivity contribution < 1.29 is 18.9 Å². The van der Waals surface area contributed by atoms with E-state index in [1.165, 1.54) is 11.1 Å². The fourth-order valence-corrected chi connectivity index (χ4v) is 2.98. The van der Waals surface area contributed by atoms with Crippen molar-refractivity contribution in [2.24, 2.45) is 0 Å². The summed E-state index contributed by atoms with van der Waals surface area (Å²) in [6.07, 6.45) is 3.10. The van der Waals surface area contributed by atoms with E-state index >= 15 is 0 Å². The van der Waals surface area contributed by atoms with Gasteiger partial charge in [-0.15, -0.1) is 0 Å². The number of ether oxygens (including phenoxy) is 4. The lowest BCUT2D eigenvalue weighted by Gasteiger charge is -2.19. The maximum absolute atomic E-state index is 5.78. The Labute approximate surface area is 161 Å². The summed E-state index contributed by atoms with van der Waals surface area (Å²) < 4.78 is 22.5. The van der Waals surface area contributed by atoms with Gasteiger partial charge in [-0.2, -0.15) is 0 Å². The molecule has 0 aliphatic carbocycles. The highest BCUT2D eigenvalue weighted by molar-refractivity contribution is 5.44. The van der Waals surface area contributed by atoms with Crippen molar-refractivity contribution in [1.29, 1.82) is 0 Å². The van der Waals surface area contributed by atoms with Crippen molar-refractivity contribution in [2.75, 3.05) is 33.5 Å². The van der Waals surface area contributed by atoms with Crippen LogP contribution < -0.4 is 24.3 Å². The summed E-state index contributed by atoms with van der Waals surface area (Å²) in [5.74, 6) is 3.29. The molecule has 0 saturated heterocycles. The SMILES string of the molecule is CCCCOc1ccc(CNCCc2ccc3c(c2)OCCO3)cc1OC. The molecule has 27 heavy (non-hydrogen) atoms. The van der Waals surface area contributed by atoms with Crippen molar-refractivity contribution in [2.45, 2.75) is 32.7 Å². The molecule has 1 aliphatic rings. The van der Waals surface area contributed by atoms with Crippen LogP contribution in [0.15, 0.2) is 36.4 Å². The lowest BCUT2D eigenvalue weighted by atomic mass is 10.1. The van der Waals surface area contributed by atoms with Crippen LogP contribution in [0.1, 0.15) is 30.9 Å². The van der Waals surface area contributed by atoms with Crippen LogP contribution in [-0.4, -0.2) is 33.5 Å². The summed E-state index contributed by atoms with van der Waals surface area (Å²) in [6.45, 7) is 5.79. The zero-order valence-corrected chi connectivity index (χ0v) is 16.3. The van der Waals surface area contributed by atoms with Crippen molar-refractivity contribution in [1.82, 2.24) is 5.32 Å². The van der Waals surface area contributed by atoms with Crippen LogP contribution in [0.4, 0.5) is 0 Å². The molecule has 0 unspecified atom stereocenters. The normalized spacial score (nSPS) is 12.7. The van der Waals surface area contributed by atoms with E-state index in [0.29, 0.717) is 13.2 Å². The van der Waals surface area contributed by atoms with Gasteiger partial charge in [0.1, 0.15) is 13.2 Å². The number of hydrogen-bond donors (Lipinski definition) is 1. The predicted octanol–water partition coefficient (Wildman–Crippen LogP) is 3.98. The van der Waals surface area contributed by atoms with E-state index in [4.69, 9.17) is 18.9 Å². The van der Waals surface area contributed by atoms with Gasteiger partial charge < -0.3 is 24.3 Å². The van der Waals surface area contributed by atoms with Crippen LogP contribution in [0.25, 0.3) is 0 Å². The Balaban J connectivity index is 1.47. The Morgan fingerprint density at radius 2 is 1.78 bits per heavy atom. The fraction of sp³-hybridized carbons (Fsp3) is 0.455. The number of hydrogen-bond acceptors (Lipinski definition) is 5. The summed E-state index contributed by atoms with van der Waals surface area (Å²) >= 11 is 0. The van der Waals surface area contributed by atoms with Gasteiger partial charge in [0.05, 0.1) is 13.7 Å².